The van der Waals surface area contributed by atoms with E-state index in [1.807, 2.05) is 0 Å². The van der Waals surface area contributed by atoms with E-state index in [0.29, 0.717) is 25.9 Å². The molecule has 0 bridgehead atoms. The van der Waals surface area contributed by atoms with Gasteiger partial charge in [-0.1, -0.05) is 328 Å². The van der Waals surface area contributed by atoms with Crippen molar-refractivity contribution in [3.8, 4) is 0 Å². The lowest BCUT2D eigenvalue weighted by molar-refractivity contribution is -0.143. The number of amides is 1. The zero-order valence-corrected chi connectivity index (χ0v) is 49.6. The summed E-state index contributed by atoms with van der Waals surface area (Å²) in [5, 5.41) is 23.3. The Hall–Kier alpha value is -1.40. The van der Waals surface area contributed by atoms with Crippen molar-refractivity contribution in [2.45, 2.75) is 392 Å². The summed E-state index contributed by atoms with van der Waals surface area (Å²) >= 11 is 0. The van der Waals surface area contributed by atoms with Crippen LogP contribution in [0.2, 0.25) is 0 Å². The lowest BCUT2D eigenvalue weighted by Gasteiger charge is -2.22. The molecule has 6 heteroatoms. The lowest BCUT2D eigenvalue weighted by Crippen LogP contribution is -2.45. The summed E-state index contributed by atoms with van der Waals surface area (Å²) in [5.41, 5.74) is 0. The van der Waals surface area contributed by atoms with Gasteiger partial charge in [0, 0.05) is 12.8 Å². The Balaban J connectivity index is 3.33. The summed E-state index contributed by atoms with van der Waals surface area (Å²) in [6.45, 7) is 4.98. The summed E-state index contributed by atoms with van der Waals surface area (Å²) in [7, 11) is 0. The molecular weight excluding hydrogens is 899 g/mol. The largest absolute Gasteiger partial charge is 0.466 e. The number of hydrogen-bond acceptors (Lipinski definition) is 5. The van der Waals surface area contributed by atoms with E-state index < -0.39 is 12.1 Å². The zero-order chi connectivity index (χ0) is 52.9. The van der Waals surface area contributed by atoms with Gasteiger partial charge >= 0.3 is 5.97 Å². The Kier molecular flexibility index (Phi) is 61.9. The van der Waals surface area contributed by atoms with E-state index in [4.69, 9.17) is 4.74 Å². The number of ether oxygens (including phenoxy) is 1. The molecule has 434 valence electrons. The molecule has 0 rings (SSSR count). The van der Waals surface area contributed by atoms with Crippen molar-refractivity contribution in [3.05, 3.63) is 12.2 Å². The van der Waals surface area contributed by atoms with Gasteiger partial charge in [0.25, 0.3) is 0 Å². The Morgan fingerprint density at radius 3 is 0.973 bits per heavy atom. The molecule has 0 aromatic carbocycles. The summed E-state index contributed by atoms with van der Waals surface area (Å²) < 4.78 is 5.49. The average Bonchev–Trinajstić information content (AvgIpc) is 3.39. The summed E-state index contributed by atoms with van der Waals surface area (Å²) in [4.78, 5) is 24.6. The third kappa shape index (κ3) is 59.7. The molecule has 0 aliphatic heterocycles. The number of hydrogen-bond donors (Lipinski definition) is 3. The van der Waals surface area contributed by atoms with Crippen LogP contribution in [-0.2, 0) is 14.3 Å². The Morgan fingerprint density at radius 1 is 0.370 bits per heavy atom. The SMILES string of the molecule is CCCCCCCCC/C=C\CCCCCCCC(=O)OCCCCCCCCCCCCCCCCCCCCCCCCCCCCC(=O)NC(CO)C(O)CCCCCCCCCCCCCCCC. The second kappa shape index (κ2) is 63.1. The van der Waals surface area contributed by atoms with Crippen molar-refractivity contribution < 1.29 is 24.5 Å². The van der Waals surface area contributed by atoms with Crippen molar-refractivity contribution in [1.29, 1.82) is 0 Å². The highest BCUT2D eigenvalue weighted by Gasteiger charge is 2.20. The Bertz CT molecular complexity index is 1100. The first-order chi connectivity index (χ1) is 36.0. The predicted octanol–water partition coefficient (Wildman–Crippen LogP) is 21.2. The molecule has 0 aliphatic carbocycles. The predicted molar refractivity (Wildman–Crippen MR) is 320 cm³/mol. The third-order valence-electron chi connectivity index (χ3n) is 15.8. The highest BCUT2D eigenvalue weighted by Crippen LogP contribution is 2.19. The quantitative estimate of drug-likeness (QED) is 0.0320. The van der Waals surface area contributed by atoms with Gasteiger partial charge in [0.15, 0.2) is 0 Å². The van der Waals surface area contributed by atoms with E-state index in [1.54, 1.807) is 0 Å². The van der Waals surface area contributed by atoms with Crippen LogP contribution in [0.3, 0.4) is 0 Å². The van der Waals surface area contributed by atoms with Crippen LogP contribution in [0.4, 0.5) is 0 Å². The molecule has 0 aromatic heterocycles. The molecule has 0 aromatic rings. The van der Waals surface area contributed by atoms with E-state index >= 15 is 0 Å². The number of nitrogens with one attached hydrogen (secondary N) is 1. The highest BCUT2D eigenvalue weighted by molar-refractivity contribution is 5.76. The number of unbranched alkanes of at least 4 members (excludes halogenated alkanes) is 50. The van der Waals surface area contributed by atoms with Gasteiger partial charge in [-0.05, 0) is 51.4 Å². The van der Waals surface area contributed by atoms with Crippen molar-refractivity contribution in [2.75, 3.05) is 13.2 Å². The molecule has 3 N–H and O–H groups in total. The monoisotopic (exact) mass is 1030 g/mol. The van der Waals surface area contributed by atoms with E-state index in [1.165, 1.54) is 302 Å². The minimum Gasteiger partial charge on any atom is -0.466 e. The number of aliphatic hydroxyl groups is 2. The van der Waals surface area contributed by atoms with Crippen LogP contribution >= 0.6 is 0 Å². The highest BCUT2D eigenvalue weighted by atomic mass is 16.5. The number of allylic oxidation sites excluding steroid dienone is 2. The molecule has 0 radical (unpaired) electrons. The van der Waals surface area contributed by atoms with E-state index in [9.17, 15) is 19.8 Å². The molecule has 1 amide bonds. The first-order valence-corrected chi connectivity index (χ1v) is 33.4. The fraction of sp³-hybridized carbons (Fsp3) is 0.940. The zero-order valence-electron chi connectivity index (χ0n) is 49.6. The van der Waals surface area contributed by atoms with Gasteiger partial charge in [-0.3, -0.25) is 9.59 Å². The van der Waals surface area contributed by atoms with Gasteiger partial charge in [0.05, 0.1) is 25.4 Å². The molecule has 0 spiro atoms. The summed E-state index contributed by atoms with van der Waals surface area (Å²) in [5.74, 6) is -0.0195. The smallest absolute Gasteiger partial charge is 0.305 e. The lowest BCUT2D eigenvalue weighted by atomic mass is 10.0. The van der Waals surface area contributed by atoms with E-state index in [-0.39, 0.29) is 18.5 Å². The number of carbonyl (C=O) groups is 2. The standard InChI is InChI=1S/C67H131NO5/c1-3-5-7-9-11-13-15-17-19-33-37-41-45-49-53-57-61-67(72)73-62-58-54-50-46-42-38-34-31-29-27-25-23-21-20-22-24-26-28-30-32-36-40-44-48-52-56-60-66(71)68-64(63-69)65(70)59-55-51-47-43-39-35-18-16-14-12-10-8-6-4-2/h19,33,64-65,69-70H,3-18,20-32,34-63H2,1-2H3,(H,68,71)/b33-19-. The molecule has 0 aliphatic rings. The van der Waals surface area contributed by atoms with E-state index in [2.05, 4.69) is 31.3 Å². The average molecular weight is 1030 g/mol. The van der Waals surface area contributed by atoms with Gasteiger partial charge < -0.3 is 20.3 Å². The molecule has 6 nitrogen and oxygen atoms in total. The number of rotatable bonds is 63. The molecule has 0 heterocycles. The normalized spacial score (nSPS) is 12.5. The second-order valence-electron chi connectivity index (χ2n) is 23.2. The summed E-state index contributed by atoms with van der Waals surface area (Å²) in [6.07, 6.45) is 76.7. The number of aliphatic hydroxyl groups excluding tert-OH is 2. The van der Waals surface area contributed by atoms with Crippen LogP contribution < -0.4 is 5.32 Å². The van der Waals surface area contributed by atoms with E-state index in [0.717, 1.165) is 44.9 Å². The molecule has 2 atom stereocenters. The molecule has 0 saturated carbocycles. The van der Waals surface area contributed by atoms with Crippen molar-refractivity contribution in [1.82, 2.24) is 5.32 Å². The van der Waals surface area contributed by atoms with Crippen molar-refractivity contribution in [3.63, 3.8) is 0 Å². The molecule has 0 fully saturated rings. The summed E-state index contributed by atoms with van der Waals surface area (Å²) in [6, 6.07) is -0.538. The Labute approximate surface area is 457 Å². The molecule has 0 saturated heterocycles. The fourth-order valence-electron chi connectivity index (χ4n) is 10.7. The van der Waals surface area contributed by atoms with Crippen LogP contribution in [0.15, 0.2) is 12.2 Å². The number of esters is 1. The minimum absolute atomic E-state index is 0.0107. The van der Waals surface area contributed by atoms with Crippen LogP contribution in [0.25, 0.3) is 0 Å². The topological polar surface area (TPSA) is 95.9 Å². The molecular formula is C67H131NO5. The van der Waals surface area contributed by atoms with Crippen molar-refractivity contribution >= 4 is 11.9 Å². The first kappa shape index (κ1) is 71.6. The maximum absolute atomic E-state index is 12.5. The minimum atomic E-state index is -0.661. The van der Waals surface area contributed by atoms with Crippen LogP contribution in [0.5, 0.6) is 0 Å². The fourth-order valence-corrected chi connectivity index (χ4v) is 10.7. The van der Waals surface area contributed by atoms with Gasteiger partial charge in [-0.25, -0.2) is 0 Å². The van der Waals surface area contributed by atoms with Crippen molar-refractivity contribution in [2.24, 2.45) is 0 Å². The second-order valence-corrected chi connectivity index (χ2v) is 23.2. The van der Waals surface area contributed by atoms with Crippen LogP contribution in [0.1, 0.15) is 380 Å². The third-order valence-corrected chi connectivity index (χ3v) is 15.8. The van der Waals surface area contributed by atoms with Gasteiger partial charge in [-0.15, -0.1) is 0 Å². The van der Waals surface area contributed by atoms with Gasteiger partial charge in [-0.2, -0.15) is 0 Å². The molecule has 73 heavy (non-hydrogen) atoms. The van der Waals surface area contributed by atoms with Gasteiger partial charge in [0.1, 0.15) is 0 Å². The Morgan fingerprint density at radius 2 is 0.644 bits per heavy atom. The first-order valence-electron chi connectivity index (χ1n) is 33.4. The number of carbonyl (C=O) groups excluding carboxylic acids is 2. The van der Waals surface area contributed by atoms with Crippen LogP contribution in [-0.4, -0.2) is 47.4 Å². The maximum atomic E-state index is 12.5. The molecule has 2 unspecified atom stereocenters. The maximum Gasteiger partial charge on any atom is 0.305 e. The van der Waals surface area contributed by atoms with Gasteiger partial charge in [0.2, 0.25) is 5.91 Å². The van der Waals surface area contributed by atoms with Crippen LogP contribution in [0, 0.1) is 0 Å².